The minimum absolute atomic E-state index is 0.240. The van der Waals surface area contributed by atoms with E-state index >= 15 is 0 Å². The van der Waals surface area contributed by atoms with Gasteiger partial charge < -0.3 is 9.64 Å². The summed E-state index contributed by atoms with van der Waals surface area (Å²) in [6.45, 7) is 5.51. The molecule has 0 aliphatic carbocycles. The molecule has 0 N–H and O–H groups in total. The van der Waals surface area contributed by atoms with Crippen LogP contribution in [0, 0.1) is 5.92 Å². The largest absolute Gasteiger partial charge is 0.378 e. The molecule has 1 saturated heterocycles. The number of ether oxygens (including phenoxy) is 1. The first-order valence-electron chi connectivity index (χ1n) is 4.63. The molecule has 1 amide bonds. The van der Waals surface area contributed by atoms with Gasteiger partial charge in [0, 0.05) is 13.1 Å². The average molecular weight is 189 g/mol. The molecule has 0 saturated carbocycles. The molecule has 0 aromatic carbocycles. The lowest BCUT2D eigenvalue weighted by molar-refractivity contribution is -0.142. The van der Waals surface area contributed by atoms with Crippen LogP contribution in [0.5, 0.6) is 0 Å². The molecule has 76 valence electrons. The number of carbonyl (C=O) groups is 1. The fourth-order valence-corrected chi connectivity index (χ4v) is 1.24. The molecule has 1 atom stereocenters. The first kappa shape index (κ1) is 10.4. The number of morpholine rings is 1. The van der Waals surface area contributed by atoms with E-state index in [4.69, 9.17) is 4.74 Å². The van der Waals surface area contributed by atoms with Gasteiger partial charge in [-0.3, -0.25) is 4.79 Å². The second kappa shape index (κ2) is 4.56. The van der Waals surface area contributed by atoms with Crippen LogP contribution in [-0.2, 0) is 9.53 Å². The van der Waals surface area contributed by atoms with E-state index in [1.54, 1.807) is 13.8 Å². The van der Waals surface area contributed by atoms with Crippen LogP contribution in [0.25, 0.3) is 0 Å². The molecule has 1 fully saturated rings. The Morgan fingerprint density at radius 3 is 2.38 bits per heavy atom. The SMILES string of the molecule is CC(C)C(F)C(=O)N1CCOCC1. The van der Waals surface area contributed by atoms with Crippen molar-refractivity contribution in [1.29, 1.82) is 0 Å². The third-order valence-corrected chi connectivity index (χ3v) is 2.14. The van der Waals surface area contributed by atoms with E-state index < -0.39 is 12.1 Å². The van der Waals surface area contributed by atoms with E-state index in [1.165, 1.54) is 4.90 Å². The Labute approximate surface area is 77.9 Å². The first-order valence-corrected chi connectivity index (χ1v) is 4.63. The normalized spacial score (nSPS) is 20.5. The average Bonchev–Trinajstić information content (AvgIpc) is 2.17. The number of halogens is 1. The maximum absolute atomic E-state index is 13.3. The van der Waals surface area contributed by atoms with Crippen molar-refractivity contribution in [2.75, 3.05) is 26.3 Å². The van der Waals surface area contributed by atoms with E-state index in [2.05, 4.69) is 0 Å². The summed E-state index contributed by atoms with van der Waals surface area (Å²) in [6.07, 6.45) is -1.36. The summed E-state index contributed by atoms with van der Waals surface area (Å²) >= 11 is 0. The van der Waals surface area contributed by atoms with Crippen LogP contribution in [0.3, 0.4) is 0 Å². The van der Waals surface area contributed by atoms with Gasteiger partial charge in [0.25, 0.3) is 5.91 Å². The lowest BCUT2D eigenvalue weighted by atomic mass is 10.1. The zero-order valence-corrected chi connectivity index (χ0v) is 8.12. The van der Waals surface area contributed by atoms with Gasteiger partial charge in [-0.1, -0.05) is 13.8 Å². The van der Waals surface area contributed by atoms with Crippen molar-refractivity contribution in [3.63, 3.8) is 0 Å². The Balaban J connectivity index is 2.45. The number of hydrogen-bond acceptors (Lipinski definition) is 2. The molecule has 0 radical (unpaired) electrons. The predicted molar refractivity (Wildman–Crippen MR) is 47.1 cm³/mol. The first-order chi connectivity index (χ1) is 6.13. The number of nitrogens with zero attached hydrogens (tertiary/aromatic N) is 1. The maximum atomic E-state index is 13.3. The highest BCUT2D eigenvalue weighted by Gasteiger charge is 2.27. The number of amides is 1. The van der Waals surface area contributed by atoms with Gasteiger partial charge in [-0.2, -0.15) is 0 Å². The Kier molecular flexibility index (Phi) is 3.66. The molecule has 1 unspecified atom stereocenters. The third-order valence-electron chi connectivity index (χ3n) is 2.14. The second-order valence-corrected chi connectivity index (χ2v) is 3.58. The van der Waals surface area contributed by atoms with Gasteiger partial charge in [0.15, 0.2) is 6.17 Å². The van der Waals surface area contributed by atoms with Crippen LogP contribution in [0.1, 0.15) is 13.8 Å². The standard InChI is InChI=1S/C9H16FNO2/c1-7(2)8(10)9(12)11-3-5-13-6-4-11/h7-8H,3-6H2,1-2H3. The highest BCUT2D eigenvalue weighted by Crippen LogP contribution is 2.11. The summed E-state index contributed by atoms with van der Waals surface area (Å²) < 4.78 is 18.3. The van der Waals surface area contributed by atoms with Crippen molar-refractivity contribution in [2.45, 2.75) is 20.0 Å². The molecule has 3 nitrogen and oxygen atoms in total. The number of carbonyl (C=O) groups excluding carboxylic acids is 1. The molecule has 0 bridgehead atoms. The summed E-state index contributed by atoms with van der Waals surface area (Å²) in [5, 5.41) is 0. The molecule has 1 aliphatic rings. The molecule has 1 heterocycles. The molecule has 1 rings (SSSR count). The van der Waals surface area contributed by atoms with Gasteiger partial charge in [0.2, 0.25) is 0 Å². The van der Waals surface area contributed by atoms with E-state index in [-0.39, 0.29) is 5.92 Å². The highest BCUT2D eigenvalue weighted by molar-refractivity contribution is 5.81. The fourth-order valence-electron chi connectivity index (χ4n) is 1.24. The number of rotatable bonds is 2. The van der Waals surface area contributed by atoms with Crippen LogP contribution in [0.4, 0.5) is 4.39 Å². The van der Waals surface area contributed by atoms with Crippen molar-refractivity contribution < 1.29 is 13.9 Å². The van der Waals surface area contributed by atoms with Gasteiger partial charge >= 0.3 is 0 Å². The van der Waals surface area contributed by atoms with Crippen LogP contribution in [-0.4, -0.2) is 43.3 Å². The molecule has 13 heavy (non-hydrogen) atoms. The smallest absolute Gasteiger partial charge is 0.257 e. The zero-order chi connectivity index (χ0) is 9.84. The quantitative estimate of drug-likeness (QED) is 0.644. The minimum Gasteiger partial charge on any atom is -0.378 e. The lowest BCUT2D eigenvalue weighted by Crippen LogP contribution is -2.45. The topological polar surface area (TPSA) is 29.5 Å². The van der Waals surface area contributed by atoms with E-state index in [1.807, 2.05) is 0 Å². The van der Waals surface area contributed by atoms with Crippen molar-refractivity contribution in [3.05, 3.63) is 0 Å². The third kappa shape index (κ3) is 2.66. The summed E-state index contributed by atoms with van der Waals surface area (Å²) in [7, 11) is 0. The molecule has 0 aromatic rings. The van der Waals surface area contributed by atoms with Crippen molar-refractivity contribution in [3.8, 4) is 0 Å². The molecule has 1 aliphatic heterocycles. The van der Waals surface area contributed by atoms with Crippen molar-refractivity contribution >= 4 is 5.91 Å². The van der Waals surface area contributed by atoms with Crippen LogP contribution < -0.4 is 0 Å². The predicted octanol–water partition coefficient (Wildman–Crippen LogP) is 0.839. The molecule has 0 spiro atoms. The monoisotopic (exact) mass is 189 g/mol. The van der Waals surface area contributed by atoms with Crippen LogP contribution in [0.15, 0.2) is 0 Å². The maximum Gasteiger partial charge on any atom is 0.257 e. The van der Waals surface area contributed by atoms with Crippen LogP contribution >= 0.6 is 0 Å². The van der Waals surface area contributed by atoms with Crippen molar-refractivity contribution in [2.24, 2.45) is 5.92 Å². The van der Waals surface area contributed by atoms with E-state index in [0.717, 1.165) is 0 Å². The lowest BCUT2D eigenvalue weighted by Gasteiger charge is -2.28. The van der Waals surface area contributed by atoms with Gasteiger partial charge in [0.05, 0.1) is 13.2 Å². The number of alkyl halides is 1. The molecular formula is C9H16FNO2. The summed E-state index contributed by atoms with van der Waals surface area (Å²) in [5.74, 6) is -0.631. The van der Waals surface area contributed by atoms with E-state index in [9.17, 15) is 9.18 Å². The van der Waals surface area contributed by atoms with Gasteiger partial charge in [-0.25, -0.2) is 4.39 Å². The van der Waals surface area contributed by atoms with Gasteiger partial charge in [-0.15, -0.1) is 0 Å². The van der Waals surface area contributed by atoms with E-state index in [0.29, 0.717) is 26.3 Å². The Hall–Kier alpha value is -0.640. The fraction of sp³-hybridized carbons (Fsp3) is 0.889. The zero-order valence-electron chi connectivity index (χ0n) is 8.12. The Morgan fingerprint density at radius 2 is 1.92 bits per heavy atom. The van der Waals surface area contributed by atoms with Crippen LogP contribution in [0.2, 0.25) is 0 Å². The number of hydrogen-bond donors (Lipinski definition) is 0. The molecular weight excluding hydrogens is 173 g/mol. The summed E-state index contributed by atoms with van der Waals surface area (Å²) in [6, 6.07) is 0. The molecule has 0 aromatic heterocycles. The summed E-state index contributed by atoms with van der Waals surface area (Å²) in [5.41, 5.74) is 0. The second-order valence-electron chi connectivity index (χ2n) is 3.58. The minimum atomic E-state index is -1.36. The van der Waals surface area contributed by atoms with Gasteiger partial charge in [0.1, 0.15) is 0 Å². The Bertz CT molecular complexity index is 178. The summed E-state index contributed by atoms with van der Waals surface area (Å²) in [4.78, 5) is 13.0. The highest BCUT2D eigenvalue weighted by atomic mass is 19.1. The van der Waals surface area contributed by atoms with Gasteiger partial charge in [-0.05, 0) is 5.92 Å². The molecule has 4 heteroatoms. The van der Waals surface area contributed by atoms with Crippen molar-refractivity contribution in [1.82, 2.24) is 4.90 Å². The Morgan fingerprint density at radius 1 is 1.38 bits per heavy atom.